The molecule has 1 spiro atoms. The van der Waals surface area contributed by atoms with E-state index in [4.69, 9.17) is 11.6 Å². The molecule has 1 unspecified atom stereocenters. The average molecular weight is 477 g/mol. The minimum Gasteiger partial charge on any atom is -0.337 e. The smallest absolute Gasteiger partial charge is 0.258 e. The minimum absolute atomic E-state index is 0.0114. The summed E-state index contributed by atoms with van der Waals surface area (Å²) in [6, 6.07) is 7.40. The van der Waals surface area contributed by atoms with E-state index in [9.17, 15) is 23.2 Å². The maximum Gasteiger partial charge on any atom is 0.258 e. The number of nitrogens with zero attached hydrogens (tertiary/aromatic N) is 4. The Morgan fingerprint density at radius 1 is 1.15 bits per heavy atom. The Hall–Kier alpha value is -3.07. The van der Waals surface area contributed by atoms with E-state index in [1.54, 1.807) is 31.2 Å². The van der Waals surface area contributed by atoms with Gasteiger partial charge >= 0.3 is 0 Å². The second-order valence-corrected chi connectivity index (χ2v) is 8.92. The largest absolute Gasteiger partial charge is 0.337 e. The topological polar surface area (TPSA) is 73.8 Å². The highest BCUT2D eigenvalue weighted by molar-refractivity contribution is 6.30. The molecule has 3 amide bonds. The number of rotatable bonds is 4. The van der Waals surface area contributed by atoms with Crippen molar-refractivity contribution in [1.29, 1.82) is 0 Å². The number of carbonyl (C=O) groups is 3. The van der Waals surface area contributed by atoms with Crippen LogP contribution in [0.15, 0.2) is 36.5 Å². The van der Waals surface area contributed by atoms with Gasteiger partial charge in [0, 0.05) is 23.7 Å². The van der Waals surface area contributed by atoms with E-state index >= 15 is 0 Å². The molecule has 2 aliphatic heterocycles. The number of aromatic nitrogens is 1. The molecule has 7 nitrogen and oxygen atoms in total. The van der Waals surface area contributed by atoms with Gasteiger partial charge in [-0.3, -0.25) is 19.3 Å². The fourth-order valence-corrected chi connectivity index (χ4v) is 4.61. The molecule has 2 aromatic rings. The summed E-state index contributed by atoms with van der Waals surface area (Å²) in [6.07, 6.45) is -0.281. The van der Waals surface area contributed by atoms with Crippen LogP contribution >= 0.6 is 11.6 Å². The first-order valence-electron chi connectivity index (χ1n) is 10.5. The summed E-state index contributed by atoms with van der Waals surface area (Å²) in [5.41, 5.74) is -0.563. The Balaban J connectivity index is 1.73. The van der Waals surface area contributed by atoms with Crippen LogP contribution in [-0.2, 0) is 14.4 Å². The summed E-state index contributed by atoms with van der Waals surface area (Å²) in [7, 11) is 0. The highest BCUT2D eigenvalue weighted by Crippen LogP contribution is 2.41. The van der Waals surface area contributed by atoms with Crippen molar-refractivity contribution in [2.45, 2.75) is 38.5 Å². The highest BCUT2D eigenvalue weighted by Gasteiger charge is 2.62. The molecule has 10 heteroatoms. The number of pyridine rings is 1. The second-order valence-electron chi connectivity index (χ2n) is 8.48. The number of hydrogen-bond acceptors (Lipinski definition) is 4. The van der Waals surface area contributed by atoms with Crippen LogP contribution < -0.4 is 4.90 Å². The number of likely N-dealkylation sites (tertiary alicyclic amines) is 1. The predicted molar refractivity (Wildman–Crippen MR) is 118 cm³/mol. The standard InChI is InChI=1S/C23H23ClF2N4O3/c1-13(25)17-8-19(26)21(27-9-17)29-10-20(32)30(14(2)16-4-6-18(24)7-5-16)23(22(29)33)11-28(12-23)15(3)31/h4-9,13-14H,10-12H2,1-3H3/t13?,14-/m0/s1. The quantitative estimate of drug-likeness (QED) is 0.677. The molecular weight excluding hydrogens is 454 g/mol. The molecule has 0 radical (unpaired) electrons. The first-order valence-corrected chi connectivity index (χ1v) is 10.9. The lowest BCUT2D eigenvalue weighted by atomic mass is 9.81. The Kier molecular flexibility index (Phi) is 5.86. The van der Waals surface area contributed by atoms with Gasteiger partial charge in [-0.1, -0.05) is 23.7 Å². The number of piperazine rings is 1. The van der Waals surface area contributed by atoms with E-state index in [-0.39, 0.29) is 30.4 Å². The SMILES string of the molecule is CC(=O)N1CC2(C1)C(=O)N(c1ncc(C(C)F)cc1F)CC(=O)N2[C@@H](C)c1ccc(Cl)cc1. The van der Waals surface area contributed by atoms with E-state index in [1.807, 2.05) is 0 Å². The van der Waals surface area contributed by atoms with Gasteiger partial charge in [-0.15, -0.1) is 0 Å². The lowest BCUT2D eigenvalue weighted by Crippen LogP contribution is -2.81. The molecule has 2 atom stereocenters. The molecule has 33 heavy (non-hydrogen) atoms. The number of benzene rings is 1. The van der Waals surface area contributed by atoms with E-state index < -0.39 is 41.9 Å². The van der Waals surface area contributed by atoms with E-state index in [0.717, 1.165) is 22.7 Å². The van der Waals surface area contributed by atoms with Gasteiger partial charge in [-0.25, -0.2) is 13.8 Å². The Morgan fingerprint density at radius 2 is 1.79 bits per heavy atom. The predicted octanol–water partition coefficient (Wildman–Crippen LogP) is 3.44. The normalized spacial score (nSPS) is 19.5. The molecule has 2 aliphatic rings. The summed E-state index contributed by atoms with van der Waals surface area (Å²) < 4.78 is 28.4. The zero-order valence-corrected chi connectivity index (χ0v) is 19.1. The third kappa shape index (κ3) is 3.84. The van der Waals surface area contributed by atoms with Crippen molar-refractivity contribution in [1.82, 2.24) is 14.8 Å². The van der Waals surface area contributed by atoms with Gasteiger partial charge in [0.2, 0.25) is 11.8 Å². The number of hydrogen-bond donors (Lipinski definition) is 0. The molecule has 0 bridgehead atoms. The summed E-state index contributed by atoms with van der Waals surface area (Å²) >= 11 is 5.98. The van der Waals surface area contributed by atoms with Crippen LogP contribution in [0.1, 0.15) is 44.1 Å². The zero-order chi connectivity index (χ0) is 24.1. The Bertz CT molecular complexity index is 1120. The Morgan fingerprint density at radius 3 is 2.33 bits per heavy atom. The van der Waals surface area contributed by atoms with Crippen molar-refractivity contribution in [2.75, 3.05) is 24.5 Å². The number of amides is 3. The van der Waals surface area contributed by atoms with E-state index in [1.165, 1.54) is 23.6 Å². The van der Waals surface area contributed by atoms with Crippen molar-refractivity contribution in [2.24, 2.45) is 0 Å². The summed E-state index contributed by atoms with van der Waals surface area (Å²) in [5, 5.41) is 0.534. The van der Waals surface area contributed by atoms with Gasteiger partial charge in [0.15, 0.2) is 17.2 Å². The van der Waals surface area contributed by atoms with Crippen LogP contribution in [0.4, 0.5) is 14.6 Å². The molecule has 0 saturated carbocycles. The fraction of sp³-hybridized carbons (Fsp3) is 0.391. The molecule has 0 aliphatic carbocycles. The van der Waals surface area contributed by atoms with Crippen molar-refractivity contribution in [3.63, 3.8) is 0 Å². The van der Waals surface area contributed by atoms with Gasteiger partial charge in [0.1, 0.15) is 12.7 Å². The first-order chi connectivity index (χ1) is 15.5. The summed E-state index contributed by atoms with van der Waals surface area (Å²) in [4.78, 5) is 46.9. The van der Waals surface area contributed by atoms with Gasteiger partial charge in [0.05, 0.1) is 19.1 Å². The van der Waals surface area contributed by atoms with Crippen LogP contribution in [0, 0.1) is 5.82 Å². The van der Waals surface area contributed by atoms with Crippen LogP contribution in [0.3, 0.4) is 0 Å². The van der Waals surface area contributed by atoms with Crippen molar-refractivity contribution < 1.29 is 23.2 Å². The van der Waals surface area contributed by atoms with Crippen LogP contribution in [0.2, 0.25) is 5.02 Å². The first kappa shape index (κ1) is 23.1. The number of carbonyl (C=O) groups excluding carboxylic acids is 3. The molecule has 1 aromatic carbocycles. The van der Waals surface area contributed by atoms with E-state index in [2.05, 4.69) is 4.98 Å². The molecule has 3 heterocycles. The zero-order valence-electron chi connectivity index (χ0n) is 18.4. The summed E-state index contributed by atoms with van der Waals surface area (Å²) in [6.45, 7) is 3.98. The molecule has 2 saturated heterocycles. The number of anilines is 1. The molecule has 0 N–H and O–H groups in total. The number of halogens is 3. The molecule has 1 aromatic heterocycles. The third-order valence-electron chi connectivity index (χ3n) is 6.31. The minimum atomic E-state index is -1.43. The van der Waals surface area contributed by atoms with Gasteiger partial charge < -0.3 is 9.80 Å². The number of alkyl halides is 1. The monoisotopic (exact) mass is 476 g/mol. The second kappa shape index (κ2) is 8.37. The molecule has 2 fully saturated rings. The van der Waals surface area contributed by atoms with Crippen LogP contribution in [0.5, 0.6) is 0 Å². The maximum absolute atomic E-state index is 14.8. The lowest BCUT2D eigenvalue weighted by molar-refractivity contribution is -0.172. The average Bonchev–Trinajstić information content (AvgIpc) is 2.73. The molecule has 174 valence electrons. The summed E-state index contributed by atoms with van der Waals surface area (Å²) in [5.74, 6) is -2.41. The third-order valence-corrected chi connectivity index (χ3v) is 6.57. The van der Waals surface area contributed by atoms with Crippen LogP contribution in [-0.4, -0.2) is 57.7 Å². The van der Waals surface area contributed by atoms with Gasteiger partial charge in [-0.05, 0) is 37.6 Å². The van der Waals surface area contributed by atoms with Crippen molar-refractivity contribution in [3.8, 4) is 0 Å². The van der Waals surface area contributed by atoms with E-state index in [0.29, 0.717) is 5.02 Å². The van der Waals surface area contributed by atoms with Gasteiger partial charge in [0.25, 0.3) is 5.91 Å². The molecule has 4 rings (SSSR count). The maximum atomic E-state index is 14.8. The fourth-order valence-electron chi connectivity index (χ4n) is 4.48. The van der Waals surface area contributed by atoms with Crippen molar-refractivity contribution in [3.05, 3.63) is 58.5 Å². The van der Waals surface area contributed by atoms with Gasteiger partial charge in [-0.2, -0.15) is 0 Å². The van der Waals surface area contributed by atoms with Crippen molar-refractivity contribution >= 4 is 35.1 Å². The highest BCUT2D eigenvalue weighted by atomic mass is 35.5. The molecular formula is C23H23ClF2N4O3. The lowest BCUT2D eigenvalue weighted by Gasteiger charge is -2.59. The van der Waals surface area contributed by atoms with Crippen LogP contribution in [0.25, 0.3) is 0 Å². The Labute approximate surface area is 194 Å².